The topological polar surface area (TPSA) is 54.0 Å². The van der Waals surface area contributed by atoms with Crippen LogP contribution in [0.15, 0.2) is 47.8 Å². The second kappa shape index (κ2) is 6.97. The largest absolute Gasteiger partial charge is 0.417 e. The molecule has 0 bridgehead atoms. The Morgan fingerprint density at radius 2 is 1.87 bits per heavy atom. The molecule has 0 radical (unpaired) electrons. The molecule has 0 fully saturated rings. The molecule has 1 atom stereocenters. The number of thiophene rings is 2. The zero-order valence-electron chi connectivity index (χ0n) is 14.9. The number of amides is 1. The van der Waals surface area contributed by atoms with E-state index >= 15 is 0 Å². The van der Waals surface area contributed by atoms with E-state index in [1.54, 1.807) is 41.8 Å². The Balaban J connectivity index is 1.70. The van der Waals surface area contributed by atoms with Crippen LogP contribution in [-0.4, -0.2) is 10.9 Å². The summed E-state index contributed by atoms with van der Waals surface area (Å²) in [5, 5.41) is 8.04. The van der Waals surface area contributed by atoms with E-state index in [0.29, 0.717) is 15.5 Å². The van der Waals surface area contributed by atoms with Crippen molar-refractivity contribution in [3.05, 3.63) is 68.9 Å². The summed E-state index contributed by atoms with van der Waals surface area (Å²) in [7, 11) is 0. The monoisotopic (exact) mass is 465 g/mol. The lowest BCUT2D eigenvalue weighted by Gasteiger charge is -2.27. The molecule has 0 aliphatic carbocycles. The fourth-order valence-corrected chi connectivity index (χ4v) is 5.25. The highest BCUT2D eigenvalue weighted by molar-refractivity contribution is 7.21. The maximum atomic E-state index is 14.0. The Bertz CT molecular complexity index is 1270. The number of anilines is 1. The first kappa shape index (κ1) is 19.3. The van der Waals surface area contributed by atoms with Crippen molar-refractivity contribution in [2.75, 3.05) is 5.32 Å². The quantitative estimate of drug-likeness (QED) is 0.353. The minimum absolute atomic E-state index is 0.0865. The minimum atomic E-state index is -4.60. The summed E-state index contributed by atoms with van der Waals surface area (Å²) in [5.74, 6) is -0.447. The van der Waals surface area contributed by atoms with Crippen LogP contribution in [0.3, 0.4) is 0 Å². The van der Waals surface area contributed by atoms with E-state index in [9.17, 15) is 18.0 Å². The SMILES string of the molecule is O=C1NC(c2ccc(Cl)cc2)Nc2c1sc1nc(-c3cccs3)cc(C(F)(F)F)c21. The van der Waals surface area contributed by atoms with Gasteiger partial charge in [-0.15, -0.1) is 22.7 Å². The van der Waals surface area contributed by atoms with Crippen molar-refractivity contribution in [2.45, 2.75) is 12.3 Å². The number of carbonyl (C=O) groups is 1. The van der Waals surface area contributed by atoms with Crippen LogP contribution in [0.4, 0.5) is 18.9 Å². The summed E-state index contributed by atoms with van der Waals surface area (Å²) in [6.07, 6.45) is -5.29. The predicted octanol–water partition coefficient (Wildman–Crippen LogP) is 6.55. The molecule has 1 unspecified atom stereocenters. The van der Waals surface area contributed by atoms with Crippen molar-refractivity contribution in [1.29, 1.82) is 0 Å². The smallest absolute Gasteiger partial charge is 0.360 e. The third kappa shape index (κ3) is 3.23. The lowest BCUT2D eigenvalue weighted by molar-refractivity contribution is -0.136. The van der Waals surface area contributed by atoms with Crippen molar-refractivity contribution in [1.82, 2.24) is 10.3 Å². The second-order valence-corrected chi connectivity index (χ2v) is 9.00. The zero-order valence-corrected chi connectivity index (χ0v) is 17.3. The Morgan fingerprint density at radius 3 is 2.53 bits per heavy atom. The van der Waals surface area contributed by atoms with Gasteiger partial charge in [0, 0.05) is 10.4 Å². The average molecular weight is 466 g/mol. The van der Waals surface area contributed by atoms with E-state index in [1.165, 1.54) is 11.3 Å². The van der Waals surface area contributed by atoms with E-state index in [4.69, 9.17) is 11.6 Å². The average Bonchev–Trinajstić information content (AvgIpc) is 3.35. The molecule has 5 rings (SSSR count). The Kier molecular flexibility index (Phi) is 4.49. The standard InChI is InChI=1S/C20H11ClF3N3OS2/c21-10-5-3-9(4-6-10)17-26-15-14-11(20(22,23)24)8-12(13-2-1-7-29-13)25-19(14)30-16(15)18(28)27-17/h1-8,17,26H,(H,27,28). The number of nitrogens with zero attached hydrogens (tertiary/aromatic N) is 1. The summed E-state index contributed by atoms with van der Waals surface area (Å²) >= 11 is 8.16. The van der Waals surface area contributed by atoms with Gasteiger partial charge in [-0.25, -0.2) is 4.98 Å². The number of aromatic nitrogens is 1. The van der Waals surface area contributed by atoms with Gasteiger partial charge in [-0.1, -0.05) is 29.8 Å². The first-order chi connectivity index (χ1) is 14.3. The maximum absolute atomic E-state index is 14.0. The van der Waals surface area contributed by atoms with Crippen LogP contribution >= 0.6 is 34.3 Å². The molecule has 1 aliphatic rings. The Morgan fingerprint density at radius 1 is 1.10 bits per heavy atom. The fraction of sp³-hybridized carbons (Fsp3) is 0.100. The number of hydrogen-bond donors (Lipinski definition) is 2. The number of benzene rings is 1. The van der Waals surface area contributed by atoms with Crippen LogP contribution in [0, 0.1) is 0 Å². The van der Waals surface area contributed by atoms with Gasteiger partial charge in [0.25, 0.3) is 5.91 Å². The molecule has 10 heteroatoms. The highest BCUT2D eigenvalue weighted by atomic mass is 35.5. The highest BCUT2D eigenvalue weighted by Crippen LogP contribution is 2.46. The van der Waals surface area contributed by atoms with Crippen LogP contribution in [0.1, 0.15) is 27.0 Å². The Labute approximate surface area is 181 Å². The molecular formula is C20H11ClF3N3OS2. The van der Waals surface area contributed by atoms with Crippen LogP contribution < -0.4 is 10.6 Å². The molecule has 0 saturated heterocycles. The second-order valence-electron chi connectivity index (χ2n) is 6.62. The molecular weight excluding hydrogens is 455 g/mol. The lowest BCUT2D eigenvalue weighted by atomic mass is 10.1. The number of nitrogens with one attached hydrogen (secondary N) is 2. The molecule has 0 spiro atoms. The van der Waals surface area contributed by atoms with Crippen LogP contribution in [0.2, 0.25) is 5.02 Å². The number of pyridine rings is 1. The molecule has 30 heavy (non-hydrogen) atoms. The van der Waals surface area contributed by atoms with Crippen LogP contribution in [-0.2, 0) is 6.18 Å². The lowest BCUT2D eigenvalue weighted by Crippen LogP contribution is -2.37. The molecule has 0 saturated carbocycles. The number of carbonyl (C=O) groups excluding carboxylic acids is 1. The summed E-state index contributed by atoms with van der Waals surface area (Å²) in [6, 6.07) is 11.2. The van der Waals surface area contributed by atoms with E-state index in [2.05, 4.69) is 15.6 Å². The summed E-state index contributed by atoms with van der Waals surface area (Å²) in [4.78, 5) is 18.1. The third-order valence-electron chi connectivity index (χ3n) is 4.71. The summed E-state index contributed by atoms with van der Waals surface area (Å²) in [6.45, 7) is 0. The van der Waals surface area contributed by atoms with Crippen LogP contribution in [0.5, 0.6) is 0 Å². The van der Waals surface area contributed by atoms with E-state index < -0.39 is 23.8 Å². The molecule has 4 aromatic rings. The normalized spacial score (nSPS) is 16.3. The number of rotatable bonds is 2. The van der Waals surface area contributed by atoms with Gasteiger partial charge in [0.05, 0.1) is 21.8 Å². The van der Waals surface area contributed by atoms with Crippen molar-refractivity contribution in [3.8, 4) is 10.6 Å². The first-order valence-corrected chi connectivity index (χ1v) is 10.8. The van der Waals surface area contributed by atoms with E-state index in [-0.39, 0.29) is 26.5 Å². The third-order valence-corrected chi connectivity index (χ3v) is 6.94. The number of alkyl halides is 3. The maximum Gasteiger partial charge on any atom is 0.417 e. The molecule has 2 N–H and O–H groups in total. The van der Waals surface area contributed by atoms with Gasteiger partial charge in [-0.3, -0.25) is 4.79 Å². The Hall–Kier alpha value is -2.62. The molecule has 1 aromatic carbocycles. The molecule has 4 nitrogen and oxygen atoms in total. The van der Waals surface area contributed by atoms with Crippen molar-refractivity contribution < 1.29 is 18.0 Å². The van der Waals surface area contributed by atoms with Gasteiger partial charge in [-0.05, 0) is 35.2 Å². The van der Waals surface area contributed by atoms with E-state index in [0.717, 1.165) is 17.4 Å². The van der Waals surface area contributed by atoms with Gasteiger partial charge in [0.15, 0.2) is 0 Å². The summed E-state index contributed by atoms with van der Waals surface area (Å²) < 4.78 is 42.0. The molecule has 152 valence electrons. The van der Waals surface area contributed by atoms with Gasteiger partial charge in [-0.2, -0.15) is 13.2 Å². The molecule has 1 aliphatic heterocycles. The molecule has 1 amide bonds. The van der Waals surface area contributed by atoms with Crippen molar-refractivity contribution >= 4 is 56.1 Å². The van der Waals surface area contributed by atoms with Gasteiger partial charge in [0.2, 0.25) is 0 Å². The zero-order chi connectivity index (χ0) is 21.0. The number of hydrogen-bond acceptors (Lipinski definition) is 5. The summed E-state index contributed by atoms with van der Waals surface area (Å²) in [5.41, 5.74) is 0.245. The van der Waals surface area contributed by atoms with Crippen LogP contribution in [0.25, 0.3) is 20.8 Å². The van der Waals surface area contributed by atoms with Crippen molar-refractivity contribution in [3.63, 3.8) is 0 Å². The first-order valence-electron chi connectivity index (χ1n) is 8.73. The molecule has 3 aromatic heterocycles. The van der Waals surface area contributed by atoms with E-state index in [1.807, 2.05) is 0 Å². The fourth-order valence-electron chi connectivity index (χ4n) is 3.37. The van der Waals surface area contributed by atoms with Crippen molar-refractivity contribution in [2.24, 2.45) is 0 Å². The van der Waals surface area contributed by atoms with Gasteiger partial charge < -0.3 is 10.6 Å². The number of fused-ring (bicyclic) bond motifs is 3. The minimum Gasteiger partial charge on any atom is -0.360 e. The molecule has 4 heterocycles. The number of halogens is 4. The van der Waals surface area contributed by atoms with Gasteiger partial charge in [0.1, 0.15) is 15.9 Å². The van der Waals surface area contributed by atoms with Gasteiger partial charge >= 0.3 is 6.18 Å². The predicted molar refractivity (Wildman–Crippen MR) is 113 cm³/mol. The highest BCUT2D eigenvalue weighted by Gasteiger charge is 2.38.